The van der Waals surface area contributed by atoms with Crippen molar-refractivity contribution in [2.24, 2.45) is 28.4 Å². The fraction of sp³-hybridized carbons (Fsp3) is 0.493. The number of aliphatic hydroxyl groups excluding tert-OH is 2. The van der Waals surface area contributed by atoms with Gasteiger partial charge in [-0.2, -0.15) is 0 Å². The normalized spacial score (nSPS) is 16.8. The van der Waals surface area contributed by atoms with Gasteiger partial charge in [0.25, 0.3) is 5.91 Å². The number of thiazole rings is 2. The van der Waals surface area contributed by atoms with Crippen LogP contribution < -0.4 is 27.2 Å². The van der Waals surface area contributed by atoms with E-state index in [1.54, 1.807) is 34.3 Å². The second kappa shape index (κ2) is 36.9. The van der Waals surface area contributed by atoms with Gasteiger partial charge >= 0.3 is 0 Å². The first-order chi connectivity index (χ1) is 46.5. The SMILES string of the molecule is Cc1ncsc1-c1ccc(CNC(=O)[C@@H]2C[C@@H](O)CN2C(=O)[C@@H](CC(=O)CCCCCCCCONC(=O)c2ccc(F)c(F)c2Nc2ccc(I)cc2F)C(C)(C)C)cc1.Cc1ncsc1-c1ccc(CNC(=O)[C@@H]2C[C@@H](O)CN2C(=O)[C@@H](CC(=O)CCCCN)C(C)(C)C)cc1. The van der Waals surface area contributed by atoms with Crippen molar-refractivity contribution in [1.29, 1.82) is 0 Å². The molecule has 6 aromatic rings. The van der Waals surface area contributed by atoms with Gasteiger partial charge in [-0.25, -0.2) is 28.6 Å². The third kappa shape index (κ3) is 22.5. The van der Waals surface area contributed by atoms with Crippen LogP contribution in [0.5, 0.6) is 0 Å². The van der Waals surface area contributed by atoms with Gasteiger partial charge < -0.3 is 41.7 Å². The Morgan fingerprint density at radius 1 is 0.633 bits per heavy atom. The second-order valence-electron chi connectivity index (χ2n) is 27.4. The maximum atomic E-state index is 14.7. The molecule has 2 saturated heterocycles. The number of amides is 5. The molecule has 98 heavy (non-hydrogen) atoms. The summed E-state index contributed by atoms with van der Waals surface area (Å²) in [6, 6.07) is 20.3. The van der Waals surface area contributed by atoms with E-state index in [1.807, 2.05) is 132 Å². The number of carbonyl (C=O) groups excluding carboxylic acids is 7. The number of benzene rings is 4. The molecule has 19 nitrogen and oxygen atoms in total. The standard InChI is InChI=1S/C45H53F3IN5O6S.C28H40N4O4S/c1-27-41(61-26-51-27)29-14-12-28(13-15-29)24-50-43(58)38-23-32(56)25-54(38)44(59)34(45(2,3)4)22-31(55)11-9-7-5-6-8-10-20-60-53-42(57)33-17-18-35(46)39(48)40(33)52-37-19-16-30(49)21-36(37)47;1-18-25(37-17-31-18)20-10-8-19(9-11-20)15-30-26(35)24-14-22(34)16-32(24)27(36)23(28(2,3)4)13-21(33)7-5-6-12-29/h12-19,21,26,32,34,38,52,56H,5-11,20,22-25H2,1-4H3,(H,50,58)(H,53,57);8-11,17,22-24,34H,5-7,12-16,29H2,1-4H3,(H,30,35)/t32-,34-,38+;22-,23-,24+/m11/s1. The number of halogens is 4. The number of Topliss-reactive ketones (excluding diaryl/α,β-unsaturated/α-hetero) is 2. The number of nitrogens with zero attached hydrogens (tertiary/aromatic N) is 4. The van der Waals surface area contributed by atoms with Gasteiger partial charge in [0.15, 0.2) is 11.6 Å². The summed E-state index contributed by atoms with van der Waals surface area (Å²) in [5, 5.41) is 29.3. The van der Waals surface area contributed by atoms with Crippen molar-refractivity contribution >= 4 is 97.7 Å². The number of aromatic nitrogens is 2. The summed E-state index contributed by atoms with van der Waals surface area (Å²) in [5.41, 5.74) is 15.4. The number of aliphatic hydroxyl groups is 2. The summed E-state index contributed by atoms with van der Waals surface area (Å²) in [7, 11) is 0. The van der Waals surface area contributed by atoms with E-state index < -0.39 is 76.0 Å². The molecule has 8 N–H and O–H groups in total. The summed E-state index contributed by atoms with van der Waals surface area (Å²) in [5.74, 6) is -6.48. The summed E-state index contributed by atoms with van der Waals surface area (Å²) < 4.78 is 43.7. The minimum Gasteiger partial charge on any atom is -0.391 e. The van der Waals surface area contributed by atoms with E-state index in [-0.39, 0.29) is 98.4 Å². The van der Waals surface area contributed by atoms with Crippen LogP contribution in [0.4, 0.5) is 24.5 Å². The molecule has 25 heteroatoms. The molecule has 8 rings (SSSR count). The van der Waals surface area contributed by atoms with Gasteiger partial charge in [-0.1, -0.05) is 116 Å². The van der Waals surface area contributed by atoms with Gasteiger partial charge in [0.05, 0.1) is 67.9 Å². The molecule has 5 amide bonds. The van der Waals surface area contributed by atoms with Crippen LogP contribution in [0.1, 0.15) is 164 Å². The molecule has 530 valence electrons. The summed E-state index contributed by atoms with van der Waals surface area (Å²) >= 11 is 5.07. The molecule has 4 heterocycles. The van der Waals surface area contributed by atoms with Crippen molar-refractivity contribution in [3.8, 4) is 20.9 Å². The summed E-state index contributed by atoms with van der Waals surface area (Å²) in [4.78, 5) is 112. The average Bonchev–Trinajstić information content (AvgIpc) is 1.83. The largest absolute Gasteiger partial charge is 0.391 e. The third-order valence-electron chi connectivity index (χ3n) is 17.7. The molecule has 2 aliphatic rings. The molecule has 2 aromatic heterocycles. The van der Waals surface area contributed by atoms with Crippen molar-refractivity contribution < 1.29 is 61.8 Å². The zero-order valence-electron chi connectivity index (χ0n) is 57.1. The number of anilines is 2. The predicted molar refractivity (Wildman–Crippen MR) is 383 cm³/mol. The summed E-state index contributed by atoms with van der Waals surface area (Å²) in [6.07, 6.45) is 5.62. The van der Waals surface area contributed by atoms with Crippen molar-refractivity contribution in [3.05, 3.63) is 139 Å². The van der Waals surface area contributed by atoms with Gasteiger partial charge in [0, 0.05) is 80.1 Å². The first kappa shape index (κ1) is 78.3. The molecule has 0 saturated carbocycles. The topological polar surface area (TPSA) is 276 Å². The number of rotatable bonds is 31. The lowest BCUT2D eigenvalue weighted by molar-refractivity contribution is -0.146. The Morgan fingerprint density at radius 2 is 1.09 bits per heavy atom. The lowest BCUT2D eigenvalue weighted by Crippen LogP contribution is -2.50. The number of hydrogen-bond donors (Lipinski definition) is 7. The molecule has 0 spiro atoms. The van der Waals surface area contributed by atoms with E-state index in [9.17, 15) is 56.9 Å². The number of aryl methyl sites for hydroxylation is 2. The molecule has 6 atom stereocenters. The van der Waals surface area contributed by atoms with Crippen molar-refractivity contribution in [2.75, 3.05) is 31.6 Å². The van der Waals surface area contributed by atoms with Gasteiger partial charge in [-0.05, 0) is 132 Å². The molecule has 2 fully saturated rings. The first-order valence-electron chi connectivity index (χ1n) is 33.4. The van der Waals surface area contributed by atoms with Crippen LogP contribution in [0.2, 0.25) is 0 Å². The maximum absolute atomic E-state index is 14.7. The third-order valence-corrected chi connectivity index (χ3v) is 20.3. The van der Waals surface area contributed by atoms with Crippen LogP contribution >= 0.6 is 45.3 Å². The van der Waals surface area contributed by atoms with E-state index in [1.165, 1.54) is 21.9 Å². The lowest BCUT2D eigenvalue weighted by Gasteiger charge is -2.34. The molecular formula is C73H93F3IN9O10S2. The Bertz CT molecular complexity index is 3690. The Labute approximate surface area is 594 Å². The van der Waals surface area contributed by atoms with Gasteiger partial charge in [-0.3, -0.25) is 38.4 Å². The fourth-order valence-electron chi connectivity index (χ4n) is 11.9. The van der Waals surface area contributed by atoms with E-state index in [0.29, 0.717) is 48.8 Å². The Hall–Kier alpha value is -7.01. The van der Waals surface area contributed by atoms with E-state index >= 15 is 0 Å². The Kier molecular flexibility index (Phi) is 29.5. The smallest absolute Gasteiger partial charge is 0.277 e. The number of nitrogens with two attached hydrogens (primary N) is 1. The quantitative estimate of drug-likeness (QED) is 0.0121. The Balaban J connectivity index is 0.000000311. The molecule has 0 radical (unpaired) electrons. The van der Waals surface area contributed by atoms with E-state index in [0.717, 1.165) is 87.6 Å². The zero-order chi connectivity index (χ0) is 71.4. The van der Waals surface area contributed by atoms with Gasteiger partial charge in [-0.15, -0.1) is 22.7 Å². The first-order valence-corrected chi connectivity index (χ1v) is 36.2. The highest BCUT2D eigenvalue weighted by Crippen LogP contribution is 2.37. The van der Waals surface area contributed by atoms with Gasteiger partial charge in [0.1, 0.15) is 29.5 Å². The molecule has 4 aromatic carbocycles. The van der Waals surface area contributed by atoms with Crippen LogP contribution in [0, 0.1) is 57.5 Å². The number of β-amino-alcohol motifs (C(OH)–C–C–N with tert-alkyl or cyclic N) is 2. The number of unbranched alkanes of at least 4 members (excludes halogenated alkanes) is 6. The maximum Gasteiger partial charge on any atom is 0.277 e. The number of ketones is 2. The zero-order valence-corrected chi connectivity index (χ0v) is 60.9. The highest BCUT2D eigenvalue weighted by atomic mass is 127. The van der Waals surface area contributed by atoms with E-state index in [2.05, 4.69) is 31.4 Å². The molecule has 2 aliphatic heterocycles. The minimum atomic E-state index is -1.33. The van der Waals surface area contributed by atoms with Crippen LogP contribution in [0.25, 0.3) is 20.9 Å². The minimum absolute atomic E-state index is 0.0273. The fourth-order valence-corrected chi connectivity index (χ4v) is 14.0. The monoisotopic (exact) mass is 1500 g/mol. The molecular weight excluding hydrogens is 1410 g/mol. The van der Waals surface area contributed by atoms with Crippen LogP contribution in [0.3, 0.4) is 0 Å². The van der Waals surface area contributed by atoms with E-state index in [4.69, 9.17) is 10.6 Å². The molecule has 0 unspecified atom stereocenters. The average molecular weight is 1500 g/mol. The van der Waals surface area contributed by atoms with Crippen molar-refractivity contribution in [3.63, 3.8) is 0 Å². The van der Waals surface area contributed by atoms with Gasteiger partial charge in [0.2, 0.25) is 23.6 Å². The molecule has 0 bridgehead atoms. The van der Waals surface area contributed by atoms with Crippen LogP contribution in [0.15, 0.2) is 89.9 Å². The number of likely N-dealkylation sites (tertiary alicyclic amines) is 2. The van der Waals surface area contributed by atoms with Crippen LogP contribution in [-0.2, 0) is 46.7 Å². The number of nitrogens with one attached hydrogen (secondary N) is 4. The predicted octanol–water partition coefficient (Wildman–Crippen LogP) is 12.6. The highest BCUT2D eigenvalue weighted by Gasteiger charge is 2.46. The number of hydroxylamine groups is 1. The number of carbonyl (C=O) groups is 7. The highest BCUT2D eigenvalue weighted by molar-refractivity contribution is 14.1. The van der Waals surface area contributed by atoms with Crippen molar-refractivity contribution in [2.45, 2.75) is 183 Å². The molecule has 0 aliphatic carbocycles. The van der Waals surface area contributed by atoms with Crippen LogP contribution in [-0.4, -0.2) is 122 Å². The summed E-state index contributed by atoms with van der Waals surface area (Å²) in [6.45, 7) is 16.9. The lowest BCUT2D eigenvalue weighted by atomic mass is 9.76. The second-order valence-corrected chi connectivity index (χ2v) is 30.4. The van der Waals surface area contributed by atoms with Crippen molar-refractivity contribution in [1.82, 2.24) is 35.9 Å². The number of hydrogen-bond acceptors (Lipinski definition) is 16. The Morgan fingerprint density at radius 3 is 1.53 bits per heavy atom.